The van der Waals surface area contributed by atoms with Crippen LogP contribution >= 0.6 is 0 Å². The molecule has 0 atom stereocenters. The average Bonchev–Trinajstić information content (AvgIpc) is 2.83. The van der Waals surface area contributed by atoms with Crippen LogP contribution in [0.1, 0.15) is 5.56 Å². The summed E-state index contributed by atoms with van der Waals surface area (Å²) in [5.74, 6) is 0. The van der Waals surface area contributed by atoms with Gasteiger partial charge in [-0.2, -0.15) is 5.10 Å². The van der Waals surface area contributed by atoms with E-state index in [-0.39, 0.29) is 5.69 Å². The maximum atomic E-state index is 11.6. The molecule has 114 valence electrons. The molecule has 2 aromatic heterocycles. The van der Waals surface area contributed by atoms with Crippen molar-refractivity contribution in [2.75, 3.05) is 51.6 Å². The van der Waals surface area contributed by atoms with Crippen LogP contribution in [-0.4, -0.2) is 70.7 Å². The van der Waals surface area contributed by atoms with E-state index < -0.39 is 0 Å². The highest BCUT2D eigenvalue weighted by Crippen LogP contribution is 2.15. The van der Waals surface area contributed by atoms with Gasteiger partial charge in [-0.15, -0.1) is 0 Å². The fraction of sp³-hybridized carbons (Fsp3) is 0.571. The largest absolute Gasteiger partial charge is 0.381 e. The minimum absolute atomic E-state index is 0.198. The van der Waals surface area contributed by atoms with Crippen molar-refractivity contribution < 1.29 is 0 Å². The van der Waals surface area contributed by atoms with E-state index in [0.29, 0.717) is 5.65 Å². The predicted molar refractivity (Wildman–Crippen MR) is 83.0 cm³/mol. The Morgan fingerprint density at radius 1 is 1.33 bits per heavy atom. The van der Waals surface area contributed by atoms with Crippen molar-refractivity contribution >= 4 is 11.3 Å². The SMILES string of the molecule is Cc1cc(NCCN2CCN(C)CC2)c2n[nH]c(=O)n2c1. The van der Waals surface area contributed by atoms with Gasteiger partial charge in [0.15, 0.2) is 5.65 Å². The molecule has 0 radical (unpaired) electrons. The molecule has 0 amide bonds. The first kappa shape index (κ1) is 14.1. The first-order chi connectivity index (χ1) is 10.1. The summed E-state index contributed by atoms with van der Waals surface area (Å²) in [6.45, 7) is 8.32. The molecule has 21 heavy (non-hydrogen) atoms. The van der Waals surface area contributed by atoms with Crippen LogP contribution in [0.15, 0.2) is 17.1 Å². The van der Waals surface area contributed by atoms with E-state index in [1.165, 1.54) is 0 Å². The van der Waals surface area contributed by atoms with E-state index >= 15 is 0 Å². The highest BCUT2D eigenvalue weighted by molar-refractivity contribution is 5.67. The molecule has 1 fully saturated rings. The molecule has 1 aliphatic rings. The predicted octanol–water partition coefficient (Wildman–Crippen LogP) is -0.00968. The molecule has 0 bridgehead atoms. The zero-order valence-corrected chi connectivity index (χ0v) is 12.6. The third-order valence-corrected chi connectivity index (χ3v) is 3.99. The normalized spacial score (nSPS) is 17.4. The second-order valence-electron chi connectivity index (χ2n) is 5.73. The van der Waals surface area contributed by atoms with E-state index in [0.717, 1.165) is 50.5 Å². The van der Waals surface area contributed by atoms with Gasteiger partial charge in [0.1, 0.15) is 0 Å². The molecule has 3 rings (SSSR count). The molecule has 7 nitrogen and oxygen atoms in total. The number of rotatable bonds is 4. The molecule has 0 spiro atoms. The van der Waals surface area contributed by atoms with Crippen LogP contribution in [-0.2, 0) is 0 Å². The van der Waals surface area contributed by atoms with Gasteiger partial charge in [0.25, 0.3) is 0 Å². The third-order valence-electron chi connectivity index (χ3n) is 3.99. The second kappa shape index (κ2) is 5.87. The van der Waals surface area contributed by atoms with Gasteiger partial charge in [0.05, 0.1) is 5.69 Å². The van der Waals surface area contributed by atoms with Crippen molar-refractivity contribution in [1.29, 1.82) is 0 Å². The lowest BCUT2D eigenvalue weighted by Crippen LogP contribution is -2.45. The van der Waals surface area contributed by atoms with Crippen molar-refractivity contribution in [1.82, 2.24) is 24.4 Å². The Bertz CT molecular complexity index is 668. The smallest absolute Gasteiger partial charge is 0.347 e. The second-order valence-corrected chi connectivity index (χ2v) is 5.73. The zero-order valence-electron chi connectivity index (χ0n) is 12.6. The lowest BCUT2D eigenvalue weighted by atomic mass is 10.2. The van der Waals surface area contributed by atoms with Gasteiger partial charge in [-0.3, -0.25) is 4.90 Å². The summed E-state index contributed by atoms with van der Waals surface area (Å²) in [7, 11) is 2.16. The number of likely N-dealkylation sites (N-methyl/N-ethyl adjacent to an activating group) is 1. The first-order valence-corrected chi connectivity index (χ1v) is 7.35. The van der Waals surface area contributed by atoms with Crippen LogP contribution in [0, 0.1) is 6.92 Å². The Hall–Kier alpha value is -1.86. The van der Waals surface area contributed by atoms with E-state index in [1.54, 1.807) is 10.6 Å². The molecular weight excluding hydrogens is 268 g/mol. The summed E-state index contributed by atoms with van der Waals surface area (Å²) in [5, 5.41) is 9.97. The van der Waals surface area contributed by atoms with Crippen LogP contribution < -0.4 is 11.0 Å². The van der Waals surface area contributed by atoms with Gasteiger partial charge in [0, 0.05) is 45.5 Å². The number of pyridine rings is 1. The lowest BCUT2D eigenvalue weighted by molar-refractivity contribution is 0.158. The highest BCUT2D eigenvalue weighted by Gasteiger charge is 2.13. The Balaban J connectivity index is 1.64. The van der Waals surface area contributed by atoms with Crippen LogP contribution in [0.5, 0.6) is 0 Å². The summed E-state index contributed by atoms with van der Waals surface area (Å²) in [6.07, 6.45) is 1.80. The lowest BCUT2D eigenvalue weighted by Gasteiger charge is -2.32. The maximum Gasteiger partial charge on any atom is 0.347 e. The quantitative estimate of drug-likeness (QED) is 0.829. The number of anilines is 1. The molecule has 0 unspecified atom stereocenters. The van der Waals surface area contributed by atoms with Gasteiger partial charge >= 0.3 is 5.69 Å². The van der Waals surface area contributed by atoms with Crippen molar-refractivity contribution in [3.8, 4) is 0 Å². The van der Waals surface area contributed by atoms with E-state index in [4.69, 9.17) is 0 Å². The maximum absolute atomic E-state index is 11.6. The summed E-state index contributed by atoms with van der Waals surface area (Å²) < 4.78 is 1.55. The third kappa shape index (κ3) is 3.08. The van der Waals surface area contributed by atoms with Crippen molar-refractivity contribution in [2.24, 2.45) is 0 Å². The monoisotopic (exact) mass is 290 g/mol. The topological polar surface area (TPSA) is 68.7 Å². The first-order valence-electron chi connectivity index (χ1n) is 7.35. The van der Waals surface area contributed by atoms with E-state index in [1.807, 2.05) is 13.0 Å². The molecule has 2 aromatic rings. The Labute approximate surface area is 123 Å². The Kier molecular flexibility index (Phi) is 3.94. The molecule has 0 aliphatic carbocycles. The number of H-pyrrole nitrogens is 1. The molecule has 3 heterocycles. The van der Waals surface area contributed by atoms with Crippen molar-refractivity contribution in [3.63, 3.8) is 0 Å². The van der Waals surface area contributed by atoms with Crippen LogP contribution in [0.25, 0.3) is 5.65 Å². The van der Waals surface area contributed by atoms with Crippen molar-refractivity contribution in [2.45, 2.75) is 6.92 Å². The number of piperazine rings is 1. The molecular formula is C14H22N6O. The van der Waals surface area contributed by atoms with Gasteiger partial charge in [-0.25, -0.2) is 14.3 Å². The zero-order chi connectivity index (χ0) is 14.8. The molecule has 1 saturated heterocycles. The highest BCUT2D eigenvalue weighted by atomic mass is 16.1. The Morgan fingerprint density at radius 3 is 2.86 bits per heavy atom. The minimum Gasteiger partial charge on any atom is -0.381 e. The number of hydrogen-bond donors (Lipinski definition) is 2. The number of fused-ring (bicyclic) bond motifs is 1. The van der Waals surface area contributed by atoms with Gasteiger partial charge in [-0.05, 0) is 25.6 Å². The number of aromatic amines is 1. The standard InChI is InChI=1S/C14H22N6O/c1-11-9-12(13-16-17-14(21)20(13)10-11)15-3-4-19-7-5-18(2)6-8-19/h9-10,15H,3-8H2,1-2H3,(H,17,21). The van der Waals surface area contributed by atoms with Crippen LogP contribution in [0.4, 0.5) is 5.69 Å². The van der Waals surface area contributed by atoms with Crippen molar-refractivity contribution in [3.05, 3.63) is 28.3 Å². The summed E-state index contributed by atoms with van der Waals surface area (Å²) in [5.41, 5.74) is 2.40. The fourth-order valence-corrected chi connectivity index (χ4v) is 2.70. The van der Waals surface area contributed by atoms with Crippen LogP contribution in [0.3, 0.4) is 0 Å². The number of hydrogen-bond acceptors (Lipinski definition) is 5. The van der Waals surface area contributed by atoms with Crippen LogP contribution in [0.2, 0.25) is 0 Å². The van der Waals surface area contributed by atoms with Gasteiger partial charge < -0.3 is 10.2 Å². The number of aryl methyl sites for hydroxylation is 1. The number of nitrogens with zero attached hydrogens (tertiary/aromatic N) is 4. The molecule has 0 saturated carbocycles. The average molecular weight is 290 g/mol. The van der Waals surface area contributed by atoms with Gasteiger partial charge in [-0.1, -0.05) is 0 Å². The van der Waals surface area contributed by atoms with E-state index in [2.05, 4.69) is 32.4 Å². The summed E-state index contributed by atoms with van der Waals surface area (Å²) >= 11 is 0. The Morgan fingerprint density at radius 2 is 2.10 bits per heavy atom. The minimum atomic E-state index is -0.198. The summed E-state index contributed by atoms with van der Waals surface area (Å²) in [6, 6.07) is 2.03. The fourth-order valence-electron chi connectivity index (χ4n) is 2.70. The van der Waals surface area contributed by atoms with Gasteiger partial charge in [0.2, 0.25) is 0 Å². The molecule has 7 heteroatoms. The molecule has 0 aromatic carbocycles. The molecule has 1 aliphatic heterocycles. The number of nitrogens with one attached hydrogen (secondary N) is 2. The van der Waals surface area contributed by atoms with E-state index in [9.17, 15) is 4.79 Å². The summed E-state index contributed by atoms with van der Waals surface area (Å²) in [4.78, 5) is 16.4. The number of aromatic nitrogens is 3. The molecule has 2 N–H and O–H groups in total.